The zero-order valence-corrected chi connectivity index (χ0v) is 14.2. The fourth-order valence-corrected chi connectivity index (χ4v) is 2.98. The third-order valence-electron chi connectivity index (χ3n) is 3.57. The lowest BCUT2D eigenvalue weighted by Crippen LogP contribution is -2.22. The van der Waals surface area contributed by atoms with Crippen LogP contribution in [0.4, 0.5) is 5.69 Å². The fourth-order valence-electron chi connectivity index (χ4n) is 2.28. The van der Waals surface area contributed by atoms with Crippen molar-refractivity contribution in [2.75, 3.05) is 11.9 Å². The molecule has 122 valence electrons. The second-order valence-electron chi connectivity index (χ2n) is 5.30. The minimum absolute atomic E-state index is 0.250. The van der Waals surface area contributed by atoms with Crippen molar-refractivity contribution in [3.63, 3.8) is 0 Å². The van der Waals surface area contributed by atoms with Gasteiger partial charge in [0.1, 0.15) is 0 Å². The highest BCUT2D eigenvalue weighted by atomic mass is 32.1. The number of ether oxygens (including phenoxy) is 1. The van der Waals surface area contributed by atoms with Gasteiger partial charge in [-0.25, -0.2) is 0 Å². The topological polar surface area (TPSA) is 55.4 Å². The first-order chi connectivity index (χ1) is 11.1. The molecule has 0 aliphatic carbocycles. The number of esters is 1. The van der Waals surface area contributed by atoms with Gasteiger partial charge in [0.2, 0.25) is 0 Å². The Hall–Kier alpha value is -2.14. The number of amides is 1. The third kappa shape index (κ3) is 5.21. The maximum atomic E-state index is 12.0. The van der Waals surface area contributed by atoms with E-state index in [0.717, 1.165) is 28.8 Å². The molecule has 1 amide bonds. The van der Waals surface area contributed by atoms with Crippen molar-refractivity contribution in [1.29, 1.82) is 0 Å². The van der Waals surface area contributed by atoms with E-state index >= 15 is 0 Å². The van der Waals surface area contributed by atoms with E-state index in [1.165, 1.54) is 0 Å². The second kappa shape index (κ2) is 8.48. The van der Waals surface area contributed by atoms with Crippen LogP contribution in [-0.2, 0) is 27.2 Å². The maximum Gasteiger partial charge on any atom is 0.306 e. The molecule has 0 atom stereocenters. The molecular formula is C18H21NO3S. The number of para-hydroxylation sites is 1. The van der Waals surface area contributed by atoms with Crippen LogP contribution in [0.5, 0.6) is 0 Å². The maximum absolute atomic E-state index is 12.0. The van der Waals surface area contributed by atoms with Crippen molar-refractivity contribution in [2.24, 2.45) is 0 Å². The van der Waals surface area contributed by atoms with Crippen LogP contribution in [-0.4, -0.2) is 18.5 Å². The summed E-state index contributed by atoms with van der Waals surface area (Å²) in [5, 5.41) is 6.82. The van der Waals surface area contributed by atoms with Crippen LogP contribution in [0.25, 0.3) is 0 Å². The molecule has 0 unspecified atom stereocenters. The summed E-state index contributed by atoms with van der Waals surface area (Å²) >= 11 is 1.60. The van der Waals surface area contributed by atoms with Crippen molar-refractivity contribution >= 4 is 28.9 Å². The van der Waals surface area contributed by atoms with Gasteiger partial charge in [-0.2, -0.15) is 11.3 Å². The van der Waals surface area contributed by atoms with Gasteiger partial charge in [0.15, 0.2) is 6.61 Å². The van der Waals surface area contributed by atoms with E-state index in [1.54, 1.807) is 11.3 Å². The molecule has 2 rings (SSSR count). The summed E-state index contributed by atoms with van der Waals surface area (Å²) in [6.07, 6.45) is 1.76. The number of anilines is 1. The minimum Gasteiger partial charge on any atom is -0.456 e. The first-order valence-electron chi connectivity index (χ1n) is 7.65. The Balaban J connectivity index is 1.80. The van der Waals surface area contributed by atoms with Gasteiger partial charge < -0.3 is 10.1 Å². The Morgan fingerprint density at radius 1 is 1.26 bits per heavy atom. The van der Waals surface area contributed by atoms with Crippen molar-refractivity contribution in [3.05, 3.63) is 51.7 Å². The molecule has 23 heavy (non-hydrogen) atoms. The molecule has 0 radical (unpaired) electrons. The number of benzene rings is 1. The average Bonchev–Trinajstić information content (AvgIpc) is 3.06. The van der Waals surface area contributed by atoms with Crippen LogP contribution in [0, 0.1) is 6.92 Å². The van der Waals surface area contributed by atoms with Gasteiger partial charge in [-0.05, 0) is 53.3 Å². The fraction of sp³-hybridized carbons (Fsp3) is 0.333. The lowest BCUT2D eigenvalue weighted by atomic mass is 10.1. The number of nitrogens with one attached hydrogen (secondary N) is 1. The molecule has 0 bridgehead atoms. The number of hydrogen-bond acceptors (Lipinski definition) is 4. The first-order valence-corrected chi connectivity index (χ1v) is 8.59. The Kier molecular flexibility index (Phi) is 6.35. The molecular weight excluding hydrogens is 310 g/mol. The van der Waals surface area contributed by atoms with E-state index in [4.69, 9.17) is 4.74 Å². The predicted molar refractivity (Wildman–Crippen MR) is 92.8 cm³/mol. The minimum atomic E-state index is -0.355. The zero-order chi connectivity index (χ0) is 16.7. The number of carbonyl (C=O) groups is 2. The summed E-state index contributed by atoms with van der Waals surface area (Å²) in [5.74, 6) is -0.662. The highest BCUT2D eigenvalue weighted by Crippen LogP contribution is 2.20. The second-order valence-corrected chi connectivity index (χ2v) is 6.08. The van der Waals surface area contributed by atoms with Gasteiger partial charge in [-0.3, -0.25) is 9.59 Å². The number of thiophene rings is 1. The average molecular weight is 331 g/mol. The predicted octanol–water partition coefficient (Wildman–Crippen LogP) is 3.73. The van der Waals surface area contributed by atoms with E-state index in [2.05, 4.69) is 5.32 Å². The van der Waals surface area contributed by atoms with Gasteiger partial charge in [0, 0.05) is 12.1 Å². The molecule has 2 aromatic rings. The summed E-state index contributed by atoms with van der Waals surface area (Å²) in [5.41, 5.74) is 4.00. The Morgan fingerprint density at radius 2 is 2.09 bits per heavy atom. The molecule has 0 aliphatic rings. The molecule has 0 aliphatic heterocycles. The molecule has 0 saturated heterocycles. The summed E-state index contributed by atoms with van der Waals surface area (Å²) < 4.78 is 5.04. The smallest absolute Gasteiger partial charge is 0.306 e. The van der Waals surface area contributed by atoms with Crippen LogP contribution >= 0.6 is 11.3 Å². The van der Waals surface area contributed by atoms with E-state index in [9.17, 15) is 9.59 Å². The van der Waals surface area contributed by atoms with Gasteiger partial charge >= 0.3 is 5.97 Å². The highest BCUT2D eigenvalue weighted by Gasteiger charge is 2.11. The van der Waals surface area contributed by atoms with E-state index in [-0.39, 0.29) is 24.9 Å². The quantitative estimate of drug-likeness (QED) is 0.787. The Bertz CT molecular complexity index is 665. The van der Waals surface area contributed by atoms with E-state index in [1.807, 2.05) is 48.9 Å². The number of rotatable bonds is 7. The first kappa shape index (κ1) is 17.2. The molecule has 4 nitrogen and oxygen atoms in total. The molecule has 5 heteroatoms. The van der Waals surface area contributed by atoms with E-state index < -0.39 is 0 Å². The molecule has 0 fully saturated rings. The molecule has 1 aromatic carbocycles. The zero-order valence-electron chi connectivity index (χ0n) is 13.4. The third-order valence-corrected chi connectivity index (χ3v) is 4.30. The van der Waals surface area contributed by atoms with Crippen LogP contribution < -0.4 is 5.32 Å². The van der Waals surface area contributed by atoms with Gasteiger partial charge in [0.25, 0.3) is 5.91 Å². The van der Waals surface area contributed by atoms with Crippen molar-refractivity contribution in [3.8, 4) is 0 Å². The molecule has 1 N–H and O–H groups in total. The van der Waals surface area contributed by atoms with Crippen molar-refractivity contribution < 1.29 is 14.3 Å². The van der Waals surface area contributed by atoms with E-state index in [0.29, 0.717) is 6.42 Å². The number of hydrogen-bond donors (Lipinski definition) is 1. The SMILES string of the molecule is CCc1cccc(C)c1NC(=O)COC(=O)CCc1ccsc1. The largest absolute Gasteiger partial charge is 0.456 e. The Morgan fingerprint density at radius 3 is 2.78 bits per heavy atom. The van der Waals surface area contributed by atoms with Crippen LogP contribution in [0.2, 0.25) is 0 Å². The van der Waals surface area contributed by atoms with Gasteiger partial charge in [0.05, 0.1) is 0 Å². The number of aryl methyl sites for hydroxylation is 3. The lowest BCUT2D eigenvalue weighted by molar-refractivity contribution is -0.147. The van der Waals surface area contributed by atoms with Gasteiger partial charge in [-0.15, -0.1) is 0 Å². The Labute approximate surface area is 140 Å². The van der Waals surface area contributed by atoms with Gasteiger partial charge in [-0.1, -0.05) is 25.1 Å². The summed E-state index contributed by atoms with van der Waals surface area (Å²) in [6, 6.07) is 7.88. The van der Waals surface area contributed by atoms with Crippen molar-refractivity contribution in [2.45, 2.75) is 33.1 Å². The molecule has 0 spiro atoms. The van der Waals surface area contributed by atoms with Crippen LogP contribution in [0.3, 0.4) is 0 Å². The van der Waals surface area contributed by atoms with Crippen LogP contribution in [0.15, 0.2) is 35.0 Å². The molecule has 1 heterocycles. The normalized spacial score (nSPS) is 10.3. The lowest BCUT2D eigenvalue weighted by Gasteiger charge is -2.13. The highest BCUT2D eigenvalue weighted by molar-refractivity contribution is 7.07. The van der Waals surface area contributed by atoms with Crippen molar-refractivity contribution in [1.82, 2.24) is 0 Å². The summed E-state index contributed by atoms with van der Waals surface area (Å²) in [4.78, 5) is 23.7. The summed E-state index contributed by atoms with van der Waals surface area (Å²) in [6.45, 7) is 3.73. The standard InChI is InChI=1S/C18H21NO3S/c1-3-15-6-4-5-13(2)18(15)19-16(20)11-22-17(21)8-7-14-9-10-23-12-14/h4-6,9-10,12H,3,7-8,11H2,1-2H3,(H,19,20). The number of carbonyl (C=O) groups excluding carboxylic acids is 2. The molecule has 1 aromatic heterocycles. The van der Waals surface area contributed by atoms with Crippen LogP contribution in [0.1, 0.15) is 30.0 Å². The monoisotopic (exact) mass is 331 g/mol. The summed E-state index contributed by atoms with van der Waals surface area (Å²) in [7, 11) is 0. The molecule has 0 saturated carbocycles.